The van der Waals surface area contributed by atoms with E-state index < -0.39 is 0 Å². The molecule has 0 bridgehead atoms. The number of thiophene rings is 1. The van der Waals surface area contributed by atoms with Crippen molar-refractivity contribution in [3.05, 3.63) is 193 Å². The van der Waals surface area contributed by atoms with Gasteiger partial charge in [0, 0.05) is 54.0 Å². The molecule has 11 aromatic rings. The number of rotatable bonds is 5. The Labute approximate surface area is 329 Å². The molecule has 1 aliphatic rings. The van der Waals surface area contributed by atoms with Crippen molar-refractivity contribution in [2.45, 2.75) is 19.3 Å². The van der Waals surface area contributed by atoms with Crippen LogP contribution in [0.4, 0.5) is 17.1 Å². The van der Waals surface area contributed by atoms with E-state index in [0.717, 1.165) is 17.1 Å². The van der Waals surface area contributed by atoms with Gasteiger partial charge in [-0.1, -0.05) is 147 Å². The molecular weight excluding hydrogens is 697 g/mol. The molecule has 0 fully saturated rings. The summed E-state index contributed by atoms with van der Waals surface area (Å²) in [5.41, 5.74) is 16.1. The van der Waals surface area contributed by atoms with Crippen LogP contribution in [0, 0.1) is 0 Å². The first kappa shape index (κ1) is 31.6. The Bertz CT molecular complexity index is 3350. The van der Waals surface area contributed by atoms with Crippen molar-refractivity contribution < 1.29 is 0 Å². The molecule has 0 spiro atoms. The zero-order chi connectivity index (χ0) is 37.1. The average molecular weight is 733 g/mol. The summed E-state index contributed by atoms with van der Waals surface area (Å²) in [6, 6.07) is 67.4. The molecule has 1 aliphatic carbocycles. The number of hydrogen-bond acceptors (Lipinski definition) is 2. The second-order valence-electron chi connectivity index (χ2n) is 15.7. The third-order valence-corrected chi connectivity index (χ3v) is 13.5. The van der Waals surface area contributed by atoms with Crippen molar-refractivity contribution in [3.63, 3.8) is 0 Å². The largest absolute Gasteiger partial charge is 0.310 e. The highest BCUT2D eigenvalue weighted by Crippen LogP contribution is 2.52. The molecule has 264 valence electrons. The highest BCUT2D eigenvalue weighted by molar-refractivity contribution is 7.25. The standard InChI is InChI=1S/C53H36N2S/c1-53(2)45-23-9-6-19-39(45)43-32-37(27-28-46(43)53)54(47-24-10-7-18-38(47)33-14-4-3-5-15-33)36-17-12-16-34(30-36)35-26-29-48-44(31-35)40-21-13-22-42-50-41-20-8-11-25-49(41)56-52(50)55(48)51(40)42/h3-32H,1-2H3. The maximum Gasteiger partial charge on any atom is 0.109 e. The smallest absolute Gasteiger partial charge is 0.109 e. The van der Waals surface area contributed by atoms with E-state index >= 15 is 0 Å². The van der Waals surface area contributed by atoms with Crippen molar-refractivity contribution in [3.8, 4) is 33.4 Å². The molecule has 56 heavy (non-hydrogen) atoms. The Morgan fingerprint density at radius 2 is 1.14 bits per heavy atom. The molecule has 0 saturated heterocycles. The third kappa shape index (κ3) is 4.38. The first-order valence-electron chi connectivity index (χ1n) is 19.4. The summed E-state index contributed by atoms with van der Waals surface area (Å²) in [7, 11) is 0. The third-order valence-electron chi connectivity index (χ3n) is 12.3. The van der Waals surface area contributed by atoms with Gasteiger partial charge in [-0.3, -0.25) is 4.40 Å². The summed E-state index contributed by atoms with van der Waals surface area (Å²) in [5, 5.41) is 6.66. The number of hydrogen-bond donors (Lipinski definition) is 0. The monoisotopic (exact) mass is 732 g/mol. The number of nitrogens with zero attached hydrogens (tertiary/aromatic N) is 2. The van der Waals surface area contributed by atoms with E-state index in [1.54, 1.807) is 0 Å². The molecule has 0 N–H and O–H groups in total. The number of anilines is 3. The van der Waals surface area contributed by atoms with Crippen LogP contribution >= 0.6 is 11.3 Å². The zero-order valence-corrected chi connectivity index (χ0v) is 31.9. The Kier molecular flexibility index (Phi) is 6.59. The highest BCUT2D eigenvalue weighted by Gasteiger charge is 2.35. The van der Waals surface area contributed by atoms with Gasteiger partial charge in [0.05, 0.1) is 16.7 Å². The fourth-order valence-corrected chi connectivity index (χ4v) is 11.0. The predicted molar refractivity (Wildman–Crippen MR) is 240 cm³/mol. The summed E-state index contributed by atoms with van der Waals surface area (Å²) >= 11 is 1.90. The topological polar surface area (TPSA) is 7.65 Å². The van der Waals surface area contributed by atoms with Crippen molar-refractivity contribution in [1.82, 2.24) is 4.40 Å². The molecule has 3 aromatic heterocycles. The van der Waals surface area contributed by atoms with E-state index in [2.05, 4.69) is 205 Å². The van der Waals surface area contributed by atoms with Crippen molar-refractivity contribution in [1.29, 1.82) is 0 Å². The lowest BCUT2D eigenvalue weighted by atomic mass is 9.82. The fourth-order valence-electron chi connectivity index (χ4n) is 9.74. The van der Waals surface area contributed by atoms with Crippen LogP contribution in [0.15, 0.2) is 182 Å². The van der Waals surface area contributed by atoms with E-state index in [9.17, 15) is 0 Å². The van der Waals surface area contributed by atoms with E-state index in [1.807, 2.05) is 11.3 Å². The van der Waals surface area contributed by atoms with E-state index in [0.29, 0.717) is 0 Å². The van der Waals surface area contributed by atoms with Crippen LogP contribution in [0.3, 0.4) is 0 Å². The molecule has 0 atom stereocenters. The molecule has 8 aromatic carbocycles. The minimum atomic E-state index is -0.0569. The summed E-state index contributed by atoms with van der Waals surface area (Å²) < 4.78 is 3.85. The summed E-state index contributed by atoms with van der Waals surface area (Å²) in [5.74, 6) is 0. The predicted octanol–water partition coefficient (Wildman–Crippen LogP) is 15.2. The van der Waals surface area contributed by atoms with Crippen LogP contribution < -0.4 is 4.90 Å². The van der Waals surface area contributed by atoms with E-state index in [-0.39, 0.29) is 5.41 Å². The van der Waals surface area contributed by atoms with Gasteiger partial charge in [0.2, 0.25) is 0 Å². The molecule has 0 aliphatic heterocycles. The zero-order valence-electron chi connectivity index (χ0n) is 31.1. The normalized spacial score (nSPS) is 13.3. The number of para-hydroxylation sites is 2. The van der Waals surface area contributed by atoms with Gasteiger partial charge in [-0.2, -0.15) is 0 Å². The van der Waals surface area contributed by atoms with Crippen LogP contribution in [0.5, 0.6) is 0 Å². The van der Waals surface area contributed by atoms with Gasteiger partial charge in [-0.05, 0) is 87.5 Å². The summed E-state index contributed by atoms with van der Waals surface area (Å²) in [6.45, 7) is 4.70. The second-order valence-corrected chi connectivity index (χ2v) is 16.7. The van der Waals surface area contributed by atoms with E-state index in [1.165, 1.54) is 92.0 Å². The first-order chi connectivity index (χ1) is 27.5. The van der Waals surface area contributed by atoms with Gasteiger partial charge in [0.15, 0.2) is 0 Å². The number of benzene rings is 8. The van der Waals surface area contributed by atoms with Crippen molar-refractivity contribution in [2.24, 2.45) is 0 Å². The lowest BCUT2D eigenvalue weighted by Gasteiger charge is -2.29. The van der Waals surface area contributed by atoms with Crippen LogP contribution in [0.1, 0.15) is 25.0 Å². The van der Waals surface area contributed by atoms with Gasteiger partial charge >= 0.3 is 0 Å². The molecule has 0 radical (unpaired) electrons. The molecule has 12 rings (SSSR count). The Balaban J connectivity index is 1.05. The van der Waals surface area contributed by atoms with Crippen molar-refractivity contribution in [2.75, 3.05) is 4.90 Å². The van der Waals surface area contributed by atoms with Crippen LogP contribution in [-0.4, -0.2) is 4.40 Å². The molecule has 0 amide bonds. The maximum absolute atomic E-state index is 2.51. The minimum Gasteiger partial charge on any atom is -0.310 e. The van der Waals surface area contributed by atoms with Gasteiger partial charge < -0.3 is 4.90 Å². The molecule has 0 unspecified atom stereocenters. The molecule has 3 heteroatoms. The Morgan fingerprint density at radius 1 is 0.464 bits per heavy atom. The van der Waals surface area contributed by atoms with Crippen molar-refractivity contribution >= 4 is 75.9 Å². The molecule has 0 saturated carbocycles. The first-order valence-corrected chi connectivity index (χ1v) is 20.3. The molecule has 2 nitrogen and oxygen atoms in total. The highest BCUT2D eigenvalue weighted by atomic mass is 32.1. The van der Waals surface area contributed by atoms with Gasteiger partial charge in [0.25, 0.3) is 0 Å². The minimum absolute atomic E-state index is 0.0569. The molecule has 3 heterocycles. The van der Waals surface area contributed by atoms with Gasteiger partial charge in [0.1, 0.15) is 4.83 Å². The SMILES string of the molecule is CC1(C)c2ccccc2-c2cc(N(c3cccc(-c4ccc5c(c4)c4cccc6c7c8ccccc8sc7n5c46)c3)c3ccccc3-c3ccccc3)ccc21. The van der Waals surface area contributed by atoms with Crippen LogP contribution in [0.25, 0.3) is 80.9 Å². The lowest BCUT2D eigenvalue weighted by molar-refractivity contribution is 0.660. The Hall–Kier alpha value is -6.68. The molecular formula is C53H36N2S. The lowest BCUT2D eigenvalue weighted by Crippen LogP contribution is -2.15. The number of aromatic nitrogens is 1. The second kappa shape index (κ2) is 11.7. The fraction of sp³-hybridized carbons (Fsp3) is 0.0566. The Morgan fingerprint density at radius 3 is 2.05 bits per heavy atom. The van der Waals surface area contributed by atoms with Crippen LogP contribution in [0.2, 0.25) is 0 Å². The quantitative estimate of drug-likeness (QED) is 0.171. The summed E-state index contributed by atoms with van der Waals surface area (Å²) in [4.78, 5) is 3.79. The maximum atomic E-state index is 2.51. The average Bonchev–Trinajstić information content (AvgIpc) is 3.95. The number of fused-ring (bicyclic) bond motifs is 11. The van der Waals surface area contributed by atoms with E-state index in [4.69, 9.17) is 0 Å². The summed E-state index contributed by atoms with van der Waals surface area (Å²) in [6.07, 6.45) is 0. The van der Waals surface area contributed by atoms with Gasteiger partial charge in [-0.25, -0.2) is 0 Å². The van der Waals surface area contributed by atoms with Gasteiger partial charge in [-0.15, -0.1) is 11.3 Å². The van der Waals surface area contributed by atoms with Crippen LogP contribution in [-0.2, 0) is 5.41 Å².